The lowest BCUT2D eigenvalue weighted by atomic mass is 10.0. The Morgan fingerprint density at radius 1 is 0.658 bits per heavy atom. The molecule has 0 spiro atoms. The van der Waals surface area contributed by atoms with Crippen LogP contribution in [0.3, 0.4) is 0 Å². The highest BCUT2D eigenvalue weighted by Crippen LogP contribution is 2.29. The van der Waals surface area contributed by atoms with Gasteiger partial charge < -0.3 is 0 Å². The molecule has 2 amide bonds. The maximum Gasteiger partial charge on any atom is 0.416 e. The fourth-order valence-electron chi connectivity index (χ4n) is 3.81. The number of rotatable bonds is 8. The highest BCUT2D eigenvalue weighted by atomic mass is 19.4. The first-order valence-electron chi connectivity index (χ1n) is 11.9. The van der Waals surface area contributed by atoms with Crippen LogP contribution in [0, 0.1) is 0 Å². The van der Waals surface area contributed by atoms with E-state index in [9.17, 15) is 22.8 Å². The van der Waals surface area contributed by atoms with Gasteiger partial charge in [0.1, 0.15) is 0 Å². The molecular formula is C30H24F3N3O2. The van der Waals surface area contributed by atoms with Crippen LogP contribution in [0.5, 0.6) is 0 Å². The molecule has 0 aromatic heterocycles. The minimum Gasteiger partial charge on any atom is -0.281 e. The molecular weight excluding hydrogens is 491 g/mol. The molecule has 0 unspecified atom stereocenters. The second-order valence-corrected chi connectivity index (χ2v) is 8.34. The SMILES string of the molecule is O=C(CCC(=O)N(c1ccccc1)c1ccccc1)N/N=C(/c1ccccc1)c1ccc(C(F)(F)F)cc1. The van der Waals surface area contributed by atoms with Gasteiger partial charge in [0.25, 0.3) is 0 Å². The normalized spacial score (nSPS) is 11.6. The first-order valence-corrected chi connectivity index (χ1v) is 11.9. The molecule has 0 radical (unpaired) electrons. The highest BCUT2D eigenvalue weighted by Gasteiger charge is 2.30. The largest absolute Gasteiger partial charge is 0.416 e. The van der Waals surface area contributed by atoms with Crippen molar-refractivity contribution >= 4 is 28.9 Å². The van der Waals surface area contributed by atoms with Crippen molar-refractivity contribution in [3.8, 4) is 0 Å². The Labute approximate surface area is 218 Å². The Morgan fingerprint density at radius 2 is 1.13 bits per heavy atom. The van der Waals surface area contributed by atoms with Gasteiger partial charge in [-0.2, -0.15) is 18.3 Å². The summed E-state index contributed by atoms with van der Waals surface area (Å²) in [5.41, 5.74) is 4.34. The van der Waals surface area contributed by atoms with Crippen LogP contribution in [-0.2, 0) is 15.8 Å². The third-order valence-electron chi connectivity index (χ3n) is 5.67. The van der Waals surface area contributed by atoms with Crippen LogP contribution in [-0.4, -0.2) is 17.5 Å². The number of nitrogens with zero attached hydrogens (tertiary/aromatic N) is 2. The number of anilines is 2. The molecule has 0 saturated heterocycles. The molecule has 0 aliphatic heterocycles. The number of halogens is 3. The number of benzene rings is 4. The molecule has 38 heavy (non-hydrogen) atoms. The van der Waals surface area contributed by atoms with Crippen LogP contribution in [0.25, 0.3) is 0 Å². The fraction of sp³-hybridized carbons (Fsp3) is 0.100. The van der Waals surface area contributed by atoms with Gasteiger partial charge in [0.2, 0.25) is 11.8 Å². The van der Waals surface area contributed by atoms with E-state index in [1.807, 2.05) is 60.7 Å². The Kier molecular flexibility index (Phi) is 8.33. The van der Waals surface area contributed by atoms with Gasteiger partial charge in [0.15, 0.2) is 0 Å². The van der Waals surface area contributed by atoms with E-state index in [1.54, 1.807) is 35.2 Å². The molecule has 4 rings (SSSR count). The third kappa shape index (κ3) is 6.73. The number of amides is 2. The number of hydrogen-bond donors (Lipinski definition) is 1. The molecule has 0 atom stereocenters. The van der Waals surface area contributed by atoms with E-state index in [-0.39, 0.29) is 18.7 Å². The fourth-order valence-corrected chi connectivity index (χ4v) is 3.81. The maximum absolute atomic E-state index is 13.2. The monoisotopic (exact) mass is 515 g/mol. The molecule has 4 aromatic carbocycles. The molecule has 0 heterocycles. The minimum atomic E-state index is -4.46. The van der Waals surface area contributed by atoms with Gasteiger partial charge in [0.05, 0.1) is 11.3 Å². The Bertz CT molecular complexity index is 1350. The zero-order chi connectivity index (χ0) is 27.0. The van der Waals surface area contributed by atoms with Crippen molar-refractivity contribution < 1.29 is 22.8 Å². The van der Waals surface area contributed by atoms with Gasteiger partial charge in [-0.25, -0.2) is 5.43 Å². The first kappa shape index (κ1) is 26.3. The van der Waals surface area contributed by atoms with Gasteiger partial charge in [-0.15, -0.1) is 0 Å². The lowest BCUT2D eigenvalue weighted by Gasteiger charge is -2.23. The van der Waals surface area contributed by atoms with Crippen molar-refractivity contribution in [3.63, 3.8) is 0 Å². The summed E-state index contributed by atoms with van der Waals surface area (Å²) in [5.74, 6) is -0.771. The van der Waals surface area contributed by atoms with Crippen LogP contribution in [0.1, 0.15) is 29.5 Å². The summed E-state index contributed by atoms with van der Waals surface area (Å²) in [7, 11) is 0. The number of hydrogen-bond acceptors (Lipinski definition) is 3. The Balaban J connectivity index is 1.49. The quantitative estimate of drug-likeness (QED) is 0.209. The lowest BCUT2D eigenvalue weighted by molar-refractivity contribution is -0.137. The number of hydrazone groups is 1. The number of carbonyl (C=O) groups excluding carboxylic acids is 2. The van der Waals surface area contributed by atoms with Crippen molar-refractivity contribution in [2.75, 3.05) is 4.90 Å². The van der Waals surface area contributed by atoms with Crippen LogP contribution in [0.2, 0.25) is 0 Å². The molecule has 5 nitrogen and oxygen atoms in total. The standard InChI is InChI=1S/C30H24F3N3O2/c31-30(32,33)24-18-16-23(17-19-24)29(22-10-4-1-5-11-22)35-34-27(37)20-21-28(38)36(25-12-6-2-7-13-25)26-14-8-3-9-15-26/h1-19H,20-21H2,(H,34,37)/b35-29-. The molecule has 8 heteroatoms. The molecule has 4 aromatic rings. The van der Waals surface area contributed by atoms with Crippen molar-refractivity contribution in [2.24, 2.45) is 5.10 Å². The number of carbonyl (C=O) groups is 2. The van der Waals surface area contributed by atoms with Gasteiger partial charge in [-0.1, -0.05) is 78.9 Å². The molecule has 0 bridgehead atoms. The molecule has 0 aliphatic carbocycles. The molecule has 0 fully saturated rings. The van der Waals surface area contributed by atoms with E-state index >= 15 is 0 Å². The van der Waals surface area contributed by atoms with Crippen molar-refractivity contribution in [1.29, 1.82) is 0 Å². The molecule has 0 saturated carbocycles. The summed E-state index contributed by atoms with van der Waals surface area (Å²) in [6.45, 7) is 0. The second kappa shape index (κ2) is 12.0. The van der Waals surface area contributed by atoms with Gasteiger partial charge >= 0.3 is 6.18 Å². The van der Waals surface area contributed by atoms with Gasteiger partial charge in [-0.3, -0.25) is 14.5 Å². The minimum absolute atomic E-state index is 0.0773. The summed E-state index contributed by atoms with van der Waals surface area (Å²) in [5, 5.41) is 4.21. The van der Waals surface area contributed by atoms with E-state index in [0.717, 1.165) is 12.1 Å². The van der Waals surface area contributed by atoms with E-state index in [2.05, 4.69) is 10.5 Å². The van der Waals surface area contributed by atoms with Crippen molar-refractivity contribution in [2.45, 2.75) is 19.0 Å². The van der Waals surface area contributed by atoms with E-state index in [4.69, 9.17) is 0 Å². The average Bonchev–Trinajstić information content (AvgIpc) is 2.94. The number of para-hydroxylation sites is 2. The Morgan fingerprint density at radius 3 is 1.63 bits per heavy atom. The molecule has 192 valence electrons. The third-order valence-corrected chi connectivity index (χ3v) is 5.67. The summed E-state index contributed by atoms with van der Waals surface area (Å²) >= 11 is 0. The summed E-state index contributed by atoms with van der Waals surface area (Å²) in [6, 6.07) is 31.6. The van der Waals surface area contributed by atoms with Gasteiger partial charge in [-0.05, 0) is 36.4 Å². The zero-order valence-corrected chi connectivity index (χ0v) is 20.2. The lowest BCUT2D eigenvalue weighted by Crippen LogP contribution is -2.28. The number of alkyl halides is 3. The predicted octanol–water partition coefficient (Wildman–Crippen LogP) is 6.72. The second-order valence-electron chi connectivity index (χ2n) is 8.34. The molecule has 1 N–H and O–H groups in total. The topological polar surface area (TPSA) is 61.8 Å². The van der Waals surface area contributed by atoms with Crippen LogP contribution in [0.4, 0.5) is 24.5 Å². The smallest absolute Gasteiger partial charge is 0.281 e. The summed E-state index contributed by atoms with van der Waals surface area (Å²) in [4.78, 5) is 27.4. The average molecular weight is 516 g/mol. The first-order chi connectivity index (χ1) is 18.3. The van der Waals surface area contributed by atoms with Crippen molar-refractivity contribution in [1.82, 2.24) is 5.43 Å². The van der Waals surface area contributed by atoms with E-state index in [1.165, 1.54) is 12.1 Å². The van der Waals surface area contributed by atoms with Crippen molar-refractivity contribution in [3.05, 3.63) is 132 Å². The van der Waals surface area contributed by atoms with E-state index in [0.29, 0.717) is 28.2 Å². The summed E-state index contributed by atoms with van der Waals surface area (Å²) in [6.07, 6.45) is -4.67. The van der Waals surface area contributed by atoms with Crippen LogP contribution < -0.4 is 10.3 Å². The van der Waals surface area contributed by atoms with Crippen LogP contribution >= 0.6 is 0 Å². The summed E-state index contributed by atoms with van der Waals surface area (Å²) < 4.78 is 39.0. The zero-order valence-electron chi connectivity index (χ0n) is 20.2. The molecule has 0 aliphatic rings. The van der Waals surface area contributed by atoms with Gasteiger partial charge in [0, 0.05) is 35.3 Å². The Hall–Kier alpha value is -4.72. The van der Waals surface area contributed by atoms with E-state index < -0.39 is 17.6 Å². The number of nitrogens with one attached hydrogen (secondary N) is 1. The highest BCUT2D eigenvalue weighted by molar-refractivity contribution is 6.13. The van der Waals surface area contributed by atoms with Crippen LogP contribution in [0.15, 0.2) is 120 Å². The maximum atomic E-state index is 13.2. The predicted molar refractivity (Wildman–Crippen MR) is 141 cm³/mol.